The number of benzene rings is 1. The van der Waals surface area contributed by atoms with Crippen LogP contribution < -0.4 is 10.6 Å². The lowest BCUT2D eigenvalue weighted by Gasteiger charge is -2.12. The van der Waals surface area contributed by atoms with E-state index in [1.807, 2.05) is 13.0 Å². The number of halogens is 2. The van der Waals surface area contributed by atoms with Crippen molar-refractivity contribution in [2.45, 2.75) is 26.3 Å². The van der Waals surface area contributed by atoms with Gasteiger partial charge in [-0.05, 0) is 53.4 Å². The molecule has 1 heterocycles. The van der Waals surface area contributed by atoms with E-state index < -0.39 is 0 Å². The van der Waals surface area contributed by atoms with Gasteiger partial charge in [-0.1, -0.05) is 6.07 Å². The molecule has 1 aromatic carbocycles. The summed E-state index contributed by atoms with van der Waals surface area (Å²) in [6, 6.07) is 5.06. The third-order valence-corrected chi connectivity index (χ3v) is 4.53. The number of aliphatic imine (C=N–C) groups is 1. The molecular weight excluding hydrogens is 389 g/mol. The van der Waals surface area contributed by atoms with Crippen molar-refractivity contribution >= 4 is 21.9 Å². The van der Waals surface area contributed by atoms with Crippen LogP contribution in [0.2, 0.25) is 0 Å². The van der Waals surface area contributed by atoms with Crippen LogP contribution in [-0.4, -0.2) is 45.5 Å². The SMILES string of the molecule is CCNC(=NCc1ccc(Br)c(F)c1)NCCCOCC1CCOC1. The van der Waals surface area contributed by atoms with Crippen LogP contribution in [0.25, 0.3) is 0 Å². The van der Waals surface area contributed by atoms with Crippen molar-refractivity contribution in [3.63, 3.8) is 0 Å². The third kappa shape index (κ3) is 7.71. The van der Waals surface area contributed by atoms with Gasteiger partial charge in [-0.25, -0.2) is 9.38 Å². The lowest BCUT2D eigenvalue weighted by atomic mass is 10.1. The van der Waals surface area contributed by atoms with Gasteiger partial charge >= 0.3 is 0 Å². The van der Waals surface area contributed by atoms with Crippen molar-refractivity contribution in [3.8, 4) is 0 Å². The highest BCUT2D eigenvalue weighted by atomic mass is 79.9. The zero-order valence-electron chi connectivity index (χ0n) is 14.7. The van der Waals surface area contributed by atoms with E-state index in [9.17, 15) is 4.39 Å². The van der Waals surface area contributed by atoms with Crippen molar-refractivity contribution in [2.24, 2.45) is 10.9 Å². The molecule has 140 valence electrons. The summed E-state index contributed by atoms with van der Waals surface area (Å²) >= 11 is 3.16. The zero-order chi connectivity index (χ0) is 17.9. The Morgan fingerprint density at radius 3 is 3.04 bits per heavy atom. The maximum atomic E-state index is 13.5. The Morgan fingerprint density at radius 1 is 1.44 bits per heavy atom. The van der Waals surface area contributed by atoms with Gasteiger partial charge in [0.2, 0.25) is 0 Å². The van der Waals surface area contributed by atoms with Crippen molar-refractivity contribution in [3.05, 3.63) is 34.1 Å². The predicted octanol–water partition coefficient (Wildman–Crippen LogP) is 3.09. The summed E-state index contributed by atoms with van der Waals surface area (Å²) in [5, 5.41) is 6.47. The number of rotatable bonds is 9. The molecule has 7 heteroatoms. The van der Waals surface area contributed by atoms with Gasteiger partial charge in [0, 0.05) is 32.2 Å². The molecule has 5 nitrogen and oxygen atoms in total. The Kier molecular flexibility index (Phi) is 9.21. The second kappa shape index (κ2) is 11.4. The molecule has 0 saturated carbocycles. The zero-order valence-corrected chi connectivity index (χ0v) is 16.3. The lowest BCUT2D eigenvalue weighted by molar-refractivity contribution is 0.0888. The molecule has 1 unspecified atom stereocenters. The molecule has 1 fully saturated rings. The Morgan fingerprint density at radius 2 is 2.32 bits per heavy atom. The molecule has 0 aliphatic carbocycles. The molecule has 2 rings (SSSR count). The van der Waals surface area contributed by atoms with Crippen molar-refractivity contribution in [1.29, 1.82) is 0 Å². The first kappa shape index (κ1) is 20.1. The molecule has 1 aliphatic heterocycles. The Bertz CT molecular complexity index is 551. The van der Waals surface area contributed by atoms with E-state index in [1.54, 1.807) is 6.07 Å². The number of nitrogens with one attached hydrogen (secondary N) is 2. The number of guanidine groups is 1. The molecular formula is C18H27BrFN3O2. The minimum atomic E-state index is -0.268. The monoisotopic (exact) mass is 415 g/mol. The highest BCUT2D eigenvalue weighted by molar-refractivity contribution is 9.10. The summed E-state index contributed by atoms with van der Waals surface area (Å²) in [5.41, 5.74) is 0.833. The van der Waals surface area contributed by atoms with Gasteiger partial charge in [-0.15, -0.1) is 0 Å². The van der Waals surface area contributed by atoms with Crippen LogP contribution in [0.3, 0.4) is 0 Å². The molecule has 1 saturated heterocycles. The van der Waals surface area contributed by atoms with Gasteiger partial charge in [0.15, 0.2) is 5.96 Å². The molecule has 1 aromatic rings. The number of ether oxygens (including phenoxy) is 2. The first-order chi connectivity index (χ1) is 12.2. The topological polar surface area (TPSA) is 54.9 Å². The summed E-state index contributed by atoms with van der Waals surface area (Å²) < 4.78 is 25.0. The highest BCUT2D eigenvalue weighted by Gasteiger charge is 2.15. The minimum absolute atomic E-state index is 0.268. The van der Waals surface area contributed by atoms with E-state index in [1.165, 1.54) is 6.07 Å². The van der Waals surface area contributed by atoms with Gasteiger partial charge in [-0.3, -0.25) is 0 Å². The molecule has 1 aliphatic rings. The minimum Gasteiger partial charge on any atom is -0.381 e. The fraction of sp³-hybridized carbons (Fsp3) is 0.611. The maximum absolute atomic E-state index is 13.5. The third-order valence-electron chi connectivity index (χ3n) is 3.88. The average Bonchev–Trinajstić information content (AvgIpc) is 3.12. The van der Waals surface area contributed by atoms with Crippen LogP contribution >= 0.6 is 15.9 Å². The second-order valence-corrected chi connectivity index (χ2v) is 6.88. The first-order valence-corrected chi connectivity index (χ1v) is 9.60. The van der Waals surface area contributed by atoms with Crippen LogP contribution in [0.4, 0.5) is 4.39 Å². The number of nitrogens with zero attached hydrogens (tertiary/aromatic N) is 1. The number of hydrogen-bond donors (Lipinski definition) is 2. The van der Waals surface area contributed by atoms with Crippen LogP contribution in [0.5, 0.6) is 0 Å². The van der Waals surface area contributed by atoms with E-state index >= 15 is 0 Å². The quantitative estimate of drug-likeness (QED) is 0.369. The summed E-state index contributed by atoms with van der Waals surface area (Å²) in [7, 11) is 0. The second-order valence-electron chi connectivity index (χ2n) is 6.03. The van der Waals surface area contributed by atoms with Crippen molar-refractivity contribution in [1.82, 2.24) is 10.6 Å². The summed E-state index contributed by atoms with van der Waals surface area (Å²) in [5.74, 6) is 1.02. The molecule has 25 heavy (non-hydrogen) atoms. The predicted molar refractivity (Wildman–Crippen MR) is 101 cm³/mol. The van der Waals surface area contributed by atoms with E-state index in [0.29, 0.717) is 16.9 Å². The first-order valence-electron chi connectivity index (χ1n) is 8.80. The van der Waals surface area contributed by atoms with E-state index in [-0.39, 0.29) is 5.82 Å². The van der Waals surface area contributed by atoms with Crippen molar-refractivity contribution < 1.29 is 13.9 Å². The Hall–Kier alpha value is -1.18. The lowest BCUT2D eigenvalue weighted by Crippen LogP contribution is -2.38. The van der Waals surface area contributed by atoms with Crippen LogP contribution in [0.15, 0.2) is 27.7 Å². The summed E-state index contributed by atoms with van der Waals surface area (Å²) in [4.78, 5) is 4.49. The molecule has 0 aromatic heterocycles. The van der Waals surface area contributed by atoms with Crippen LogP contribution in [-0.2, 0) is 16.0 Å². The average molecular weight is 416 g/mol. The highest BCUT2D eigenvalue weighted by Crippen LogP contribution is 2.16. The van der Waals surface area contributed by atoms with Gasteiger partial charge in [0.05, 0.1) is 24.2 Å². The fourth-order valence-electron chi connectivity index (χ4n) is 2.50. The van der Waals surface area contributed by atoms with E-state index in [4.69, 9.17) is 9.47 Å². The molecule has 1 atom stereocenters. The van der Waals surface area contributed by atoms with Gasteiger partial charge in [-0.2, -0.15) is 0 Å². The number of hydrogen-bond acceptors (Lipinski definition) is 3. The fourth-order valence-corrected chi connectivity index (χ4v) is 2.74. The standard InChI is InChI=1S/C18H27BrFN3O2/c1-2-21-18(23-11-14-4-5-16(19)17(20)10-14)22-7-3-8-24-12-15-6-9-25-13-15/h4-5,10,15H,2-3,6-9,11-13H2,1H3,(H2,21,22,23). The van der Waals surface area contributed by atoms with E-state index in [2.05, 4.69) is 31.6 Å². The van der Waals surface area contributed by atoms with Gasteiger partial charge < -0.3 is 20.1 Å². The largest absolute Gasteiger partial charge is 0.381 e. The van der Waals surface area contributed by atoms with Crippen molar-refractivity contribution in [2.75, 3.05) is 39.5 Å². The molecule has 0 amide bonds. The van der Waals surface area contributed by atoms with Gasteiger partial charge in [0.1, 0.15) is 5.82 Å². The summed E-state index contributed by atoms with van der Waals surface area (Å²) in [6.07, 6.45) is 2.01. The molecule has 0 radical (unpaired) electrons. The van der Waals surface area contributed by atoms with Crippen LogP contribution in [0, 0.1) is 11.7 Å². The Labute approximate surface area is 157 Å². The summed E-state index contributed by atoms with van der Waals surface area (Å²) in [6.45, 7) is 7.19. The Balaban J connectivity index is 1.67. The normalized spacial score (nSPS) is 17.7. The van der Waals surface area contributed by atoms with Gasteiger partial charge in [0.25, 0.3) is 0 Å². The van der Waals surface area contributed by atoms with E-state index in [0.717, 1.165) is 63.9 Å². The molecule has 0 spiro atoms. The molecule has 0 bridgehead atoms. The maximum Gasteiger partial charge on any atom is 0.191 e. The molecule has 2 N–H and O–H groups in total. The van der Waals surface area contributed by atoms with Crippen LogP contribution in [0.1, 0.15) is 25.3 Å². The smallest absolute Gasteiger partial charge is 0.191 e.